The number of carbonyl (C=O) groups is 2. The number of hydrogen-bond acceptors (Lipinski definition) is 5. The Morgan fingerprint density at radius 1 is 1.16 bits per heavy atom. The molecule has 0 spiro atoms. The Hall–Kier alpha value is -2.11. The number of nitrogens with one attached hydrogen (secondary N) is 1. The van der Waals surface area contributed by atoms with Gasteiger partial charge in [-0.3, -0.25) is 14.5 Å². The first-order valence-corrected chi connectivity index (χ1v) is 8.80. The van der Waals surface area contributed by atoms with Crippen LogP contribution in [0.15, 0.2) is 23.1 Å². The van der Waals surface area contributed by atoms with E-state index in [1.165, 1.54) is 0 Å². The number of sulfonamides is 1. The normalized spacial score (nSPS) is 16.6. The number of carbonyl (C=O) groups excluding carboxylic acids is 1. The largest absolute Gasteiger partial charge is 0.480 e. The Labute approximate surface area is 143 Å². The quantitative estimate of drug-likeness (QED) is 0.690. The van der Waals surface area contributed by atoms with Crippen LogP contribution in [0.4, 0.5) is 8.78 Å². The standard InChI is InChI=1S/C14H17F2N3O5S/c15-10-1-2-12(11(16)7-10)25(23,24)19-5-3-18(4-6-19)9-13(20)17-8-14(21)22/h1-2,7H,3-6,8-9H2,(H,17,20)(H,21,22). The summed E-state index contributed by atoms with van der Waals surface area (Å²) in [4.78, 5) is 23.0. The molecule has 1 amide bonds. The number of rotatable bonds is 6. The van der Waals surface area contributed by atoms with Gasteiger partial charge >= 0.3 is 5.97 Å². The van der Waals surface area contributed by atoms with Crippen LogP contribution in [0.3, 0.4) is 0 Å². The minimum atomic E-state index is -4.10. The smallest absolute Gasteiger partial charge is 0.322 e. The van der Waals surface area contributed by atoms with Gasteiger partial charge in [0.25, 0.3) is 0 Å². The predicted octanol–water partition coefficient (Wildman–Crippen LogP) is -0.528. The molecule has 0 atom stereocenters. The van der Waals surface area contributed by atoms with Crippen molar-refractivity contribution in [3.8, 4) is 0 Å². The Balaban J connectivity index is 1.95. The summed E-state index contributed by atoms with van der Waals surface area (Å²) in [5, 5.41) is 10.7. The van der Waals surface area contributed by atoms with E-state index in [1.807, 2.05) is 0 Å². The highest BCUT2D eigenvalue weighted by Crippen LogP contribution is 2.21. The first-order valence-electron chi connectivity index (χ1n) is 7.36. The van der Waals surface area contributed by atoms with Gasteiger partial charge in [0.15, 0.2) is 0 Å². The highest BCUT2D eigenvalue weighted by Gasteiger charge is 2.31. The van der Waals surface area contributed by atoms with E-state index in [2.05, 4.69) is 5.32 Å². The zero-order valence-electron chi connectivity index (χ0n) is 13.1. The highest BCUT2D eigenvalue weighted by atomic mass is 32.2. The van der Waals surface area contributed by atoms with Crippen LogP contribution in [0.1, 0.15) is 0 Å². The van der Waals surface area contributed by atoms with Gasteiger partial charge in [0.2, 0.25) is 15.9 Å². The fraction of sp³-hybridized carbons (Fsp3) is 0.429. The number of piperazine rings is 1. The van der Waals surface area contributed by atoms with Crippen molar-refractivity contribution < 1.29 is 31.9 Å². The van der Waals surface area contributed by atoms with Crippen molar-refractivity contribution in [3.05, 3.63) is 29.8 Å². The van der Waals surface area contributed by atoms with Crippen LogP contribution in [0, 0.1) is 11.6 Å². The van der Waals surface area contributed by atoms with Gasteiger partial charge < -0.3 is 10.4 Å². The molecular weight excluding hydrogens is 360 g/mol. The number of amides is 1. The van der Waals surface area contributed by atoms with E-state index in [-0.39, 0.29) is 32.7 Å². The maximum atomic E-state index is 13.7. The van der Waals surface area contributed by atoms with Crippen LogP contribution in [-0.4, -0.2) is 73.9 Å². The molecule has 8 nitrogen and oxygen atoms in total. The Morgan fingerprint density at radius 3 is 2.36 bits per heavy atom. The number of carboxylic acids is 1. The first-order chi connectivity index (χ1) is 11.7. The fourth-order valence-electron chi connectivity index (χ4n) is 2.38. The molecule has 1 heterocycles. The van der Waals surface area contributed by atoms with E-state index in [0.29, 0.717) is 6.07 Å². The maximum Gasteiger partial charge on any atom is 0.322 e. The molecule has 25 heavy (non-hydrogen) atoms. The van der Waals surface area contributed by atoms with Gasteiger partial charge in [0.05, 0.1) is 6.54 Å². The predicted molar refractivity (Wildman–Crippen MR) is 82.2 cm³/mol. The monoisotopic (exact) mass is 377 g/mol. The summed E-state index contributed by atoms with van der Waals surface area (Å²) in [6.07, 6.45) is 0. The second kappa shape index (κ2) is 7.85. The third kappa shape index (κ3) is 4.94. The molecule has 2 rings (SSSR count). The number of benzene rings is 1. The molecule has 1 saturated heterocycles. The average Bonchev–Trinajstić information content (AvgIpc) is 2.53. The average molecular weight is 377 g/mol. The summed E-state index contributed by atoms with van der Waals surface area (Å²) in [6, 6.07) is 2.26. The van der Waals surface area contributed by atoms with Crippen molar-refractivity contribution in [1.82, 2.24) is 14.5 Å². The number of carboxylic acid groups (broad SMARTS) is 1. The molecule has 0 bridgehead atoms. The molecule has 0 aliphatic carbocycles. The van der Waals surface area contributed by atoms with Gasteiger partial charge in [-0.2, -0.15) is 4.31 Å². The topological polar surface area (TPSA) is 107 Å². The van der Waals surface area contributed by atoms with Crippen molar-refractivity contribution in [1.29, 1.82) is 0 Å². The molecule has 2 N–H and O–H groups in total. The van der Waals surface area contributed by atoms with Crippen molar-refractivity contribution >= 4 is 21.9 Å². The van der Waals surface area contributed by atoms with E-state index in [9.17, 15) is 26.8 Å². The first kappa shape index (κ1) is 19.2. The van der Waals surface area contributed by atoms with E-state index >= 15 is 0 Å². The maximum absolute atomic E-state index is 13.7. The molecule has 0 aromatic heterocycles. The highest BCUT2D eigenvalue weighted by molar-refractivity contribution is 7.89. The molecule has 1 aromatic carbocycles. The number of hydrogen-bond donors (Lipinski definition) is 2. The lowest BCUT2D eigenvalue weighted by Crippen LogP contribution is -2.51. The van der Waals surface area contributed by atoms with Crippen LogP contribution < -0.4 is 5.32 Å². The third-order valence-corrected chi connectivity index (χ3v) is 5.58. The summed E-state index contributed by atoms with van der Waals surface area (Å²) < 4.78 is 52.6. The number of nitrogens with zero attached hydrogens (tertiary/aromatic N) is 2. The zero-order chi connectivity index (χ0) is 18.6. The molecule has 1 fully saturated rings. The van der Waals surface area contributed by atoms with E-state index in [1.54, 1.807) is 4.90 Å². The van der Waals surface area contributed by atoms with Crippen molar-refractivity contribution in [2.24, 2.45) is 0 Å². The van der Waals surface area contributed by atoms with Gasteiger partial charge in [-0.15, -0.1) is 0 Å². The molecular formula is C14H17F2N3O5S. The lowest BCUT2D eigenvalue weighted by Gasteiger charge is -2.33. The molecule has 0 radical (unpaired) electrons. The van der Waals surface area contributed by atoms with Crippen molar-refractivity contribution in [3.63, 3.8) is 0 Å². The SMILES string of the molecule is O=C(O)CNC(=O)CN1CCN(S(=O)(=O)c2ccc(F)cc2F)CC1. The summed E-state index contributed by atoms with van der Waals surface area (Å²) in [6.45, 7) is -0.0368. The number of halogens is 2. The van der Waals surface area contributed by atoms with Crippen LogP contribution in [0.2, 0.25) is 0 Å². The molecule has 11 heteroatoms. The van der Waals surface area contributed by atoms with E-state index < -0.39 is 45.0 Å². The second-order valence-electron chi connectivity index (χ2n) is 5.43. The minimum Gasteiger partial charge on any atom is -0.480 e. The Bertz CT molecular complexity index is 764. The third-order valence-electron chi connectivity index (χ3n) is 3.65. The van der Waals surface area contributed by atoms with Gasteiger partial charge in [-0.05, 0) is 12.1 Å². The van der Waals surface area contributed by atoms with Gasteiger partial charge in [0.1, 0.15) is 23.1 Å². The Kier molecular flexibility index (Phi) is 6.03. The molecule has 0 unspecified atom stereocenters. The summed E-state index contributed by atoms with van der Waals surface area (Å²) in [5.74, 6) is -3.67. The van der Waals surface area contributed by atoms with Gasteiger partial charge in [-0.25, -0.2) is 17.2 Å². The molecule has 1 aromatic rings. The molecule has 138 valence electrons. The lowest BCUT2D eigenvalue weighted by atomic mass is 10.3. The van der Waals surface area contributed by atoms with Crippen LogP contribution in [0.5, 0.6) is 0 Å². The van der Waals surface area contributed by atoms with Gasteiger partial charge in [0, 0.05) is 32.2 Å². The summed E-state index contributed by atoms with van der Waals surface area (Å²) >= 11 is 0. The molecule has 1 aliphatic heterocycles. The molecule has 1 aliphatic rings. The van der Waals surface area contributed by atoms with Crippen LogP contribution in [0.25, 0.3) is 0 Å². The van der Waals surface area contributed by atoms with Gasteiger partial charge in [-0.1, -0.05) is 0 Å². The Morgan fingerprint density at radius 2 is 1.80 bits per heavy atom. The second-order valence-corrected chi connectivity index (χ2v) is 7.33. The van der Waals surface area contributed by atoms with E-state index in [0.717, 1.165) is 16.4 Å². The van der Waals surface area contributed by atoms with Crippen LogP contribution >= 0.6 is 0 Å². The van der Waals surface area contributed by atoms with E-state index in [4.69, 9.17) is 5.11 Å². The minimum absolute atomic E-state index is 0.0331. The van der Waals surface area contributed by atoms with Crippen molar-refractivity contribution in [2.45, 2.75) is 4.90 Å². The number of aliphatic carboxylic acids is 1. The molecule has 0 saturated carbocycles. The van der Waals surface area contributed by atoms with Crippen LogP contribution in [-0.2, 0) is 19.6 Å². The fourth-order valence-corrected chi connectivity index (χ4v) is 3.85. The lowest BCUT2D eigenvalue weighted by molar-refractivity contribution is -0.138. The summed E-state index contributed by atoms with van der Waals surface area (Å²) in [7, 11) is -4.10. The summed E-state index contributed by atoms with van der Waals surface area (Å²) in [5.41, 5.74) is 0. The zero-order valence-corrected chi connectivity index (χ0v) is 13.9. The van der Waals surface area contributed by atoms with Crippen molar-refractivity contribution in [2.75, 3.05) is 39.3 Å².